The Morgan fingerprint density at radius 2 is 1.66 bits per heavy atom. The first kappa shape index (κ1) is 23.9. The summed E-state index contributed by atoms with van der Waals surface area (Å²) in [6.45, 7) is 8.30. The van der Waals surface area contributed by atoms with Crippen molar-refractivity contribution < 1.29 is 9.59 Å². The molecule has 2 saturated heterocycles. The number of hydrogen-bond donors (Lipinski definition) is 0. The number of halogens is 1. The molecule has 1 aromatic carbocycles. The first-order valence-electron chi connectivity index (χ1n) is 12.4. The number of urea groups is 1. The third-order valence-corrected chi connectivity index (χ3v) is 7.80. The number of rotatable bonds is 7. The van der Waals surface area contributed by atoms with Crippen LogP contribution >= 0.6 is 11.6 Å². The Balaban J connectivity index is 1.07. The predicted molar refractivity (Wildman–Crippen MR) is 137 cm³/mol. The van der Waals surface area contributed by atoms with E-state index < -0.39 is 12.2 Å². The van der Waals surface area contributed by atoms with Gasteiger partial charge in [-0.15, -0.1) is 0 Å². The van der Waals surface area contributed by atoms with Crippen molar-refractivity contribution in [1.82, 2.24) is 24.5 Å². The van der Waals surface area contributed by atoms with Gasteiger partial charge in [0.25, 0.3) is 5.91 Å². The largest absolute Gasteiger partial charge is 0.369 e. The van der Waals surface area contributed by atoms with Crippen LogP contribution in [0.5, 0.6) is 0 Å². The summed E-state index contributed by atoms with van der Waals surface area (Å²) in [5.41, 5.74) is 2.34. The second kappa shape index (κ2) is 9.70. The number of fused-ring (bicyclic) bond motifs is 3. The van der Waals surface area contributed by atoms with Crippen molar-refractivity contribution in [3.8, 4) is 0 Å². The molecule has 35 heavy (non-hydrogen) atoms. The summed E-state index contributed by atoms with van der Waals surface area (Å²) < 4.78 is 0. The minimum absolute atomic E-state index is 0.195. The van der Waals surface area contributed by atoms with E-state index in [-0.39, 0.29) is 11.9 Å². The van der Waals surface area contributed by atoms with Crippen LogP contribution in [0.25, 0.3) is 0 Å². The lowest BCUT2D eigenvalue weighted by molar-refractivity contribution is -0.135. The van der Waals surface area contributed by atoms with Crippen molar-refractivity contribution in [2.75, 3.05) is 58.3 Å². The average Bonchev–Trinajstić information content (AvgIpc) is 3.37. The number of piperazine rings is 1. The zero-order chi connectivity index (χ0) is 24.7. The van der Waals surface area contributed by atoms with Gasteiger partial charge in [-0.3, -0.25) is 14.6 Å². The zero-order valence-corrected chi connectivity index (χ0v) is 21.5. The highest BCUT2D eigenvalue weighted by Crippen LogP contribution is 2.33. The van der Waals surface area contributed by atoms with Gasteiger partial charge in [-0.2, -0.15) is 0 Å². The van der Waals surface area contributed by atoms with Crippen LogP contribution in [0, 0.1) is 0 Å². The lowest BCUT2D eigenvalue weighted by Gasteiger charge is -2.38. The molecular formula is C25H34ClN7O2. The van der Waals surface area contributed by atoms with Crippen LogP contribution in [0.15, 0.2) is 41.2 Å². The summed E-state index contributed by atoms with van der Waals surface area (Å²) in [6.07, 6.45) is 4.90. The van der Waals surface area contributed by atoms with Gasteiger partial charge in [0.1, 0.15) is 0 Å². The van der Waals surface area contributed by atoms with Crippen molar-refractivity contribution in [2.24, 2.45) is 4.99 Å². The van der Waals surface area contributed by atoms with Crippen LogP contribution in [0.1, 0.15) is 26.2 Å². The maximum atomic E-state index is 12.8. The number of likely N-dealkylation sites (N-methyl/N-ethyl adjacent to an activating group) is 2. The summed E-state index contributed by atoms with van der Waals surface area (Å²) in [6, 6.07) is 7.34. The number of carbonyl (C=O) groups excluding carboxylic acids is 2. The van der Waals surface area contributed by atoms with Gasteiger partial charge in [0.15, 0.2) is 12.2 Å². The molecule has 0 saturated carbocycles. The number of allylic oxidation sites excluding steroid dienone is 1. The van der Waals surface area contributed by atoms with E-state index in [2.05, 4.69) is 33.8 Å². The Kier molecular flexibility index (Phi) is 6.63. The molecular weight excluding hydrogens is 466 g/mol. The zero-order valence-electron chi connectivity index (χ0n) is 20.7. The predicted octanol–water partition coefficient (Wildman–Crippen LogP) is 2.70. The molecule has 0 aliphatic carbocycles. The first-order chi connectivity index (χ1) is 16.8. The van der Waals surface area contributed by atoms with Crippen LogP contribution in [0.3, 0.4) is 0 Å². The first-order valence-corrected chi connectivity index (χ1v) is 12.8. The van der Waals surface area contributed by atoms with Crippen LogP contribution in [-0.4, -0.2) is 108 Å². The van der Waals surface area contributed by atoms with Crippen molar-refractivity contribution >= 4 is 35.2 Å². The molecule has 0 aromatic heterocycles. The lowest BCUT2D eigenvalue weighted by Crippen LogP contribution is -2.63. The number of unbranched alkanes of at least 4 members (excludes halogenated alkanes) is 2. The van der Waals surface area contributed by atoms with E-state index in [9.17, 15) is 9.59 Å². The Morgan fingerprint density at radius 3 is 2.37 bits per heavy atom. The number of anilines is 1. The summed E-state index contributed by atoms with van der Waals surface area (Å²) in [4.78, 5) is 41.8. The number of guanidine groups is 1. The Bertz CT molecular complexity index is 1030. The molecule has 3 amide bonds. The fourth-order valence-corrected chi connectivity index (χ4v) is 5.55. The van der Waals surface area contributed by atoms with E-state index in [0.29, 0.717) is 0 Å². The molecule has 10 heteroatoms. The molecule has 4 heterocycles. The van der Waals surface area contributed by atoms with Gasteiger partial charge < -0.3 is 19.6 Å². The smallest absolute Gasteiger partial charge is 0.328 e. The summed E-state index contributed by atoms with van der Waals surface area (Å²) in [5.74, 6) is 0.595. The SMILES string of the molecule is CC1=CN2C(=NC3C2C(=O)N(C)C(=O)N3C)N1CCCCCN1CCN(c2ccc(Cl)cc2)CC1. The summed E-state index contributed by atoms with van der Waals surface area (Å²) in [5, 5.41) is 0.779. The highest BCUT2D eigenvalue weighted by molar-refractivity contribution is 6.30. The number of hydrogen-bond acceptors (Lipinski definition) is 7. The Labute approximate surface area is 212 Å². The molecule has 0 bridgehead atoms. The number of benzene rings is 1. The quantitative estimate of drug-likeness (QED) is 0.537. The summed E-state index contributed by atoms with van der Waals surface area (Å²) in [7, 11) is 3.25. The maximum absolute atomic E-state index is 12.8. The highest BCUT2D eigenvalue weighted by atomic mass is 35.5. The van der Waals surface area contributed by atoms with Gasteiger partial charge >= 0.3 is 6.03 Å². The molecule has 4 aliphatic heterocycles. The van der Waals surface area contributed by atoms with E-state index in [1.54, 1.807) is 11.9 Å². The molecule has 0 N–H and O–H groups in total. The molecule has 0 spiro atoms. The van der Waals surface area contributed by atoms with Gasteiger partial charge in [0.05, 0.1) is 0 Å². The average molecular weight is 500 g/mol. The fraction of sp³-hybridized carbons (Fsp3) is 0.560. The third kappa shape index (κ3) is 4.47. The van der Waals surface area contributed by atoms with Crippen LogP contribution < -0.4 is 4.90 Å². The number of aliphatic imine (C=N–C) groups is 1. The van der Waals surface area contributed by atoms with E-state index in [1.807, 2.05) is 23.2 Å². The molecule has 1 aromatic rings. The lowest BCUT2D eigenvalue weighted by atomic mass is 10.1. The molecule has 2 unspecified atom stereocenters. The second-order valence-corrected chi connectivity index (χ2v) is 10.2. The highest BCUT2D eigenvalue weighted by Gasteiger charge is 2.53. The number of nitrogens with zero attached hydrogens (tertiary/aromatic N) is 7. The fourth-order valence-electron chi connectivity index (χ4n) is 5.43. The van der Waals surface area contributed by atoms with Gasteiger partial charge in [-0.05, 0) is 50.6 Å². The number of amides is 3. The minimum atomic E-state index is -0.468. The summed E-state index contributed by atoms with van der Waals surface area (Å²) >= 11 is 6.01. The third-order valence-electron chi connectivity index (χ3n) is 7.54. The van der Waals surface area contributed by atoms with Crippen molar-refractivity contribution in [2.45, 2.75) is 38.4 Å². The van der Waals surface area contributed by atoms with Crippen LogP contribution in [-0.2, 0) is 4.79 Å². The maximum Gasteiger partial charge on any atom is 0.328 e. The van der Waals surface area contributed by atoms with Gasteiger partial charge in [-0.1, -0.05) is 18.0 Å². The molecule has 188 valence electrons. The number of carbonyl (C=O) groups is 2. The number of imide groups is 1. The van der Waals surface area contributed by atoms with Crippen molar-refractivity contribution in [3.63, 3.8) is 0 Å². The Morgan fingerprint density at radius 1 is 0.971 bits per heavy atom. The van der Waals surface area contributed by atoms with Gasteiger partial charge in [0.2, 0.25) is 5.96 Å². The van der Waals surface area contributed by atoms with Crippen LogP contribution in [0.4, 0.5) is 10.5 Å². The van der Waals surface area contributed by atoms with E-state index in [1.165, 1.54) is 24.1 Å². The van der Waals surface area contributed by atoms with Crippen LogP contribution in [0.2, 0.25) is 5.02 Å². The van der Waals surface area contributed by atoms with E-state index in [4.69, 9.17) is 16.6 Å². The van der Waals surface area contributed by atoms with Gasteiger partial charge in [0, 0.05) is 69.4 Å². The topological polar surface area (TPSA) is 65.9 Å². The second-order valence-electron chi connectivity index (χ2n) is 9.77. The van der Waals surface area contributed by atoms with Crippen molar-refractivity contribution in [3.05, 3.63) is 41.2 Å². The monoisotopic (exact) mass is 499 g/mol. The van der Waals surface area contributed by atoms with Crippen molar-refractivity contribution in [1.29, 1.82) is 0 Å². The normalized spacial score (nSPS) is 24.7. The molecule has 9 nitrogen and oxygen atoms in total. The molecule has 4 aliphatic rings. The Hall–Kier alpha value is -2.78. The van der Waals surface area contributed by atoms with E-state index in [0.717, 1.165) is 68.8 Å². The molecule has 2 atom stereocenters. The standard InChI is InChI=1S/C25H34ClN7O2/c1-18-17-33-21-22(28(2)25(35)29(3)23(21)34)27-24(33)32(18)12-6-4-5-11-30-13-15-31(16-14-30)20-9-7-19(26)8-10-20/h7-10,17,21-22H,4-6,11-16H2,1-3H3. The van der Waals surface area contributed by atoms with E-state index >= 15 is 0 Å². The minimum Gasteiger partial charge on any atom is -0.369 e. The molecule has 5 rings (SSSR count). The van der Waals surface area contributed by atoms with Gasteiger partial charge in [-0.25, -0.2) is 9.79 Å². The molecule has 2 fully saturated rings. The molecule has 0 radical (unpaired) electrons.